The van der Waals surface area contributed by atoms with Gasteiger partial charge in [-0.25, -0.2) is 4.79 Å². The molecule has 9 heteroatoms. The van der Waals surface area contributed by atoms with E-state index in [1.165, 1.54) is 18.9 Å². The number of oxime groups is 1. The molecular formula is C13H14N4O3S2. The highest BCUT2D eigenvalue weighted by Crippen LogP contribution is 2.27. The number of esters is 1. The van der Waals surface area contributed by atoms with Crippen LogP contribution < -0.4 is 0 Å². The fourth-order valence-electron chi connectivity index (χ4n) is 1.98. The van der Waals surface area contributed by atoms with Crippen molar-refractivity contribution in [1.29, 1.82) is 0 Å². The van der Waals surface area contributed by atoms with Gasteiger partial charge in [0.05, 0.1) is 12.0 Å². The first-order chi connectivity index (χ1) is 10.7. The standard InChI is InChI=1S/C13H14N4O3S2/c1-17-11(10-4-3-5-21-10)14-15-13(17)22-7-8-6-9(16-20-8)12(18)19-2/h3-5,8H,6-7H2,1-2H3/t8-/m0/s1. The van der Waals surface area contributed by atoms with Gasteiger partial charge in [-0.05, 0) is 11.4 Å². The molecule has 0 aliphatic carbocycles. The van der Waals surface area contributed by atoms with Crippen LogP contribution in [0, 0.1) is 0 Å². The van der Waals surface area contributed by atoms with Gasteiger partial charge in [0.25, 0.3) is 0 Å². The number of methoxy groups -OCH3 is 1. The quantitative estimate of drug-likeness (QED) is 0.612. The van der Waals surface area contributed by atoms with Crippen LogP contribution in [0.5, 0.6) is 0 Å². The zero-order valence-electron chi connectivity index (χ0n) is 12.1. The Morgan fingerprint density at radius 2 is 2.45 bits per heavy atom. The number of rotatable bonds is 5. The monoisotopic (exact) mass is 338 g/mol. The topological polar surface area (TPSA) is 78.6 Å². The first kappa shape index (κ1) is 15.0. The molecule has 0 unspecified atom stereocenters. The van der Waals surface area contributed by atoms with Gasteiger partial charge in [-0.15, -0.1) is 21.5 Å². The Morgan fingerprint density at radius 3 is 3.18 bits per heavy atom. The average Bonchev–Trinajstić information content (AvgIpc) is 3.25. The highest BCUT2D eigenvalue weighted by molar-refractivity contribution is 7.99. The lowest BCUT2D eigenvalue weighted by Crippen LogP contribution is -2.18. The first-order valence-corrected chi connectivity index (χ1v) is 8.42. The summed E-state index contributed by atoms with van der Waals surface area (Å²) in [4.78, 5) is 17.7. The van der Waals surface area contributed by atoms with E-state index in [2.05, 4.69) is 20.1 Å². The maximum absolute atomic E-state index is 11.4. The largest absolute Gasteiger partial charge is 0.464 e. The fourth-order valence-corrected chi connectivity index (χ4v) is 3.62. The van der Waals surface area contributed by atoms with Crippen LogP contribution in [0.15, 0.2) is 27.8 Å². The minimum Gasteiger partial charge on any atom is -0.464 e. The van der Waals surface area contributed by atoms with E-state index in [9.17, 15) is 4.79 Å². The van der Waals surface area contributed by atoms with E-state index in [1.54, 1.807) is 11.3 Å². The molecule has 0 spiro atoms. The Balaban J connectivity index is 1.59. The molecule has 7 nitrogen and oxygen atoms in total. The highest BCUT2D eigenvalue weighted by Gasteiger charge is 2.27. The Labute approximate surface area is 135 Å². The van der Waals surface area contributed by atoms with Gasteiger partial charge in [0.1, 0.15) is 6.10 Å². The summed E-state index contributed by atoms with van der Waals surface area (Å²) in [5, 5.41) is 15.0. The van der Waals surface area contributed by atoms with Crippen LogP contribution in [0.3, 0.4) is 0 Å². The van der Waals surface area contributed by atoms with E-state index >= 15 is 0 Å². The van der Waals surface area contributed by atoms with Crippen LogP contribution in [-0.2, 0) is 21.4 Å². The number of hydrogen-bond acceptors (Lipinski definition) is 8. The highest BCUT2D eigenvalue weighted by atomic mass is 32.2. The molecule has 0 saturated carbocycles. The van der Waals surface area contributed by atoms with Crippen molar-refractivity contribution >= 4 is 34.8 Å². The van der Waals surface area contributed by atoms with E-state index in [1.807, 2.05) is 29.1 Å². The number of nitrogens with zero attached hydrogens (tertiary/aromatic N) is 4. The summed E-state index contributed by atoms with van der Waals surface area (Å²) in [5.74, 6) is 1.04. The predicted molar refractivity (Wildman–Crippen MR) is 84.0 cm³/mol. The van der Waals surface area contributed by atoms with Crippen LogP contribution in [0.2, 0.25) is 0 Å². The number of thioether (sulfide) groups is 1. The van der Waals surface area contributed by atoms with E-state index in [-0.39, 0.29) is 6.10 Å². The molecule has 1 aliphatic heterocycles. The van der Waals surface area contributed by atoms with Gasteiger partial charge in [-0.3, -0.25) is 0 Å². The molecule has 0 saturated heterocycles. The molecule has 0 bridgehead atoms. The van der Waals surface area contributed by atoms with Crippen molar-refractivity contribution in [2.75, 3.05) is 12.9 Å². The molecule has 3 heterocycles. The van der Waals surface area contributed by atoms with Gasteiger partial charge in [-0.1, -0.05) is 23.0 Å². The van der Waals surface area contributed by atoms with Gasteiger partial charge >= 0.3 is 5.97 Å². The van der Waals surface area contributed by atoms with Crippen LogP contribution in [0.25, 0.3) is 10.7 Å². The molecule has 0 N–H and O–H groups in total. The third-order valence-corrected chi connectivity index (χ3v) is 5.15. The lowest BCUT2D eigenvalue weighted by Gasteiger charge is -2.07. The number of aromatic nitrogens is 3. The number of carbonyl (C=O) groups is 1. The Hall–Kier alpha value is -1.87. The maximum atomic E-state index is 11.4. The Morgan fingerprint density at radius 1 is 1.59 bits per heavy atom. The first-order valence-electron chi connectivity index (χ1n) is 6.56. The lowest BCUT2D eigenvalue weighted by atomic mass is 10.2. The Bertz CT molecular complexity index is 696. The number of ether oxygens (including phenoxy) is 1. The van der Waals surface area contributed by atoms with Crippen molar-refractivity contribution in [2.45, 2.75) is 17.7 Å². The molecular weight excluding hydrogens is 324 g/mol. The summed E-state index contributed by atoms with van der Waals surface area (Å²) in [7, 11) is 3.27. The van der Waals surface area contributed by atoms with Crippen molar-refractivity contribution in [1.82, 2.24) is 14.8 Å². The molecule has 0 aromatic carbocycles. The molecule has 0 fully saturated rings. The molecule has 116 valence electrons. The normalized spacial score (nSPS) is 17.2. The summed E-state index contributed by atoms with van der Waals surface area (Å²) >= 11 is 3.15. The maximum Gasteiger partial charge on any atom is 0.355 e. The lowest BCUT2D eigenvalue weighted by molar-refractivity contribution is -0.132. The summed E-state index contributed by atoms with van der Waals surface area (Å²) in [6.07, 6.45) is 0.302. The molecule has 0 radical (unpaired) electrons. The SMILES string of the molecule is COC(=O)C1=NO[C@H](CSc2nnc(-c3cccs3)n2C)C1. The second-order valence-corrected chi connectivity index (χ2v) is 6.55. The number of thiophene rings is 1. The van der Waals surface area contributed by atoms with Crippen LogP contribution in [-0.4, -0.2) is 45.4 Å². The summed E-state index contributed by atoms with van der Waals surface area (Å²) in [5.41, 5.74) is 0.324. The molecule has 1 aliphatic rings. The molecule has 3 rings (SSSR count). The van der Waals surface area contributed by atoms with Gasteiger partial charge in [0.15, 0.2) is 16.7 Å². The minimum atomic E-state index is -0.439. The third-order valence-electron chi connectivity index (χ3n) is 3.13. The van der Waals surface area contributed by atoms with Gasteiger partial charge in [0, 0.05) is 19.2 Å². The molecule has 1 atom stereocenters. The van der Waals surface area contributed by atoms with Crippen molar-refractivity contribution in [3.8, 4) is 10.7 Å². The van der Waals surface area contributed by atoms with E-state index in [0.717, 1.165) is 15.9 Å². The summed E-state index contributed by atoms with van der Waals surface area (Å²) < 4.78 is 6.58. The fraction of sp³-hybridized carbons (Fsp3) is 0.385. The van der Waals surface area contributed by atoms with Crippen molar-refractivity contribution in [3.63, 3.8) is 0 Å². The van der Waals surface area contributed by atoms with Crippen LogP contribution in [0.1, 0.15) is 6.42 Å². The van der Waals surface area contributed by atoms with Crippen LogP contribution in [0.4, 0.5) is 0 Å². The van der Waals surface area contributed by atoms with Gasteiger partial charge in [-0.2, -0.15) is 0 Å². The molecule has 0 amide bonds. The smallest absolute Gasteiger partial charge is 0.355 e. The van der Waals surface area contributed by atoms with Gasteiger partial charge in [0.2, 0.25) is 0 Å². The second-order valence-electron chi connectivity index (χ2n) is 4.61. The average molecular weight is 338 g/mol. The molecule has 2 aromatic rings. The molecule has 22 heavy (non-hydrogen) atoms. The van der Waals surface area contributed by atoms with E-state index in [0.29, 0.717) is 17.9 Å². The van der Waals surface area contributed by atoms with E-state index in [4.69, 9.17) is 4.84 Å². The minimum absolute atomic E-state index is 0.152. The summed E-state index contributed by atoms with van der Waals surface area (Å²) in [6.45, 7) is 0. The molecule has 2 aromatic heterocycles. The second kappa shape index (κ2) is 6.49. The zero-order chi connectivity index (χ0) is 15.5. The van der Waals surface area contributed by atoms with E-state index < -0.39 is 5.97 Å². The van der Waals surface area contributed by atoms with Crippen molar-refractivity contribution in [3.05, 3.63) is 17.5 Å². The van der Waals surface area contributed by atoms with Crippen molar-refractivity contribution in [2.24, 2.45) is 12.2 Å². The third kappa shape index (κ3) is 3.00. The Kier molecular flexibility index (Phi) is 4.44. The number of carbonyl (C=O) groups excluding carboxylic acids is 1. The van der Waals surface area contributed by atoms with Gasteiger partial charge < -0.3 is 14.1 Å². The number of hydrogen-bond donors (Lipinski definition) is 0. The zero-order valence-corrected chi connectivity index (χ0v) is 13.7. The van der Waals surface area contributed by atoms with Crippen molar-refractivity contribution < 1.29 is 14.4 Å². The predicted octanol–water partition coefficient (Wildman–Crippen LogP) is 1.95. The summed E-state index contributed by atoms with van der Waals surface area (Å²) in [6, 6.07) is 4.00. The van der Waals surface area contributed by atoms with Crippen LogP contribution >= 0.6 is 23.1 Å².